The highest BCUT2D eigenvalue weighted by Crippen LogP contribution is 2.46. The Balaban J connectivity index is 2.35. The number of rotatable bonds is 2. The largest absolute Gasteiger partial charge is 0.540 e. The van der Waals surface area contributed by atoms with Gasteiger partial charge in [-0.3, -0.25) is 0 Å². The van der Waals surface area contributed by atoms with Crippen LogP contribution in [0.1, 0.15) is 5.56 Å². The van der Waals surface area contributed by atoms with Crippen molar-refractivity contribution in [1.29, 1.82) is 10.5 Å². The zero-order chi connectivity index (χ0) is 15.7. The third kappa shape index (κ3) is 3.04. The molecular formula is C12H5F4N3O2. The molecule has 0 amide bonds. The molecule has 0 saturated heterocycles. The van der Waals surface area contributed by atoms with Crippen molar-refractivity contribution in [3.05, 3.63) is 35.5 Å². The number of benzene rings is 1. The highest BCUT2D eigenvalue weighted by molar-refractivity contribution is 5.55. The Hall–Kier alpha value is -2.78. The first-order valence-corrected chi connectivity index (χ1v) is 5.34. The third-order valence-electron chi connectivity index (χ3n) is 2.39. The van der Waals surface area contributed by atoms with Crippen LogP contribution >= 0.6 is 0 Å². The molecule has 1 aromatic rings. The first-order chi connectivity index (χ1) is 9.77. The molecule has 0 spiro atoms. The number of anilines is 1. The zero-order valence-corrected chi connectivity index (χ0v) is 10.0. The molecule has 1 heterocycles. The monoisotopic (exact) mass is 299 g/mol. The van der Waals surface area contributed by atoms with Crippen molar-refractivity contribution in [2.75, 3.05) is 5.32 Å². The lowest BCUT2D eigenvalue weighted by Crippen LogP contribution is -2.41. The van der Waals surface area contributed by atoms with E-state index in [1.165, 1.54) is 6.07 Å². The summed E-state index contributed by atoms with van der Waals surface area (Å²) in [5.41, 5.74) is -1.16. The average Bonchev–Trinajstić information content (AvgIpc) is 2.38. The lowest BCUT2D eigenvalue weighted by Gasteiger charge is -2.30. The number of hydrogen-bond acceptors (Lipinski definition) is 5. The van der Waals surface area contributed by atoms with Gasteiger partial charge in [-0.2, -0.15) is 19.3 Å². The number of hydrogen-bond donors (Lipinski definition) is 1. The van der Waals surface area contributed by atoms with E-state index >= 15 is 0 Å². The van der Waals surface area contributed by atoms with Gasteiger partial charge >= 0.3 is 12.4 Å². The fraction of sp³-hybridized carbons (Fsp3) is 0.167. The van der Waals surface area contributed by atoms with Gasteiger partial charge in [0.1, 0.15) is 23.5 Å². The summed E-state index contributed by atoms with van der Waals surface area (Å²) in [5, 5.41) is 19.4. The molecule has 0 saturated carbocycles. The van der Waals surface area contributed by atoms with Crippen molar-refractivity contribution < 1.29 is 27.0 Å². The maximum atomic E-state index is 13.5. The van der Waals surface area contributed by atoms with Crippen molar-refractivity contribution in [1.82, 2.24) is 0 Å². The van der Waals surface area contributed by atoms with Gasteiger partial charge in [0.15, 0.2) is 0 Å². The van der Waals surface area contributed by atoms with Crippen molar-refractivity contribution in [2.24, 2.45) is 0 Å². The van der Waals surface area contributed by atoms with E-state index in [0.717, 1.165) is 18.3 Å². The Morgan fingerprint density at radius 3 is 2.48 bits per heavy atom. The summed E-state index contributed by atoms with van der Waals surface area (Å²) < 4.78 is 59.8. The molecule has 0 fully saturated rings. The summed E-state index contributed by atoms with van der Waals surface area (Å²) in [7, 11) is 0. The molecule has 0 atom stereocenters. The third-order valence-corrected chi connectivity index (χ3v) is 2.39. The number of alkyl halides is 4. The number of nitriles is 2. The van der Waals surface area contributed by atoms with Crippen LogP contribution in [0.4, 0.5) is 23.2 Å². The molecule has 0 radical (unpaired) electrons. The Bertz CT molecular complexity index is 673. The number of fused-ring (bicyclic) bond motifs is 1. The van der Waals surface area contributed by atoms with Gasteiger partial charge in [0.25, 0.3) is 0 Å². The highest BCUT2D eigenvalue weighted by atomic mass is 19.3. The molecule has 5 nitrogen and oxygen atoms in total. The normalized spacial score (nSPS) is 17.4. The summed E-state index contributed by atoms with van der Waals surface area (Å²) in [4.78, 5) is 0. The maximum absolute atomic E-state index is 13.5. The van der Waals surface area contributed by atoms with Crippen LogP contribution in [0.3, 0.4) is 0 Å². The standard InChI is InChI=1S/C12H5F4N3O2/c13-11(14)9-3-8(19-6-7(4-17)5-18)1-2-10(9)20-12(15,16)21-11/h1-3,6,19H. The van der Waals surface area contributed by atoms with Gasteiger partial charge in [-0.15, -0.1) is 8.78 Å². The van der Waals surface area contributed by atoms with Crippen LogP contribution in [-0.4, -0.2) is 6.29 Å². The Morgan fingerprint density at radius 1 is 1.19 bits per heavy atom. The fourth-order valence-electron chi connectivity index (χ4n) is 1.53. The fourth-order valence-corrected chi connectivity index (χ4v) is 1.53. The summed E-state index contributed by atoms with van der Waals surface area (Å²) in [6.07, 6.45) is -7.69. The molecule has 1 aliphatic rings. The number of ether oxygens (including phenoxy) is 2. The van der Waals surface area contributed by atoms with E-state index < -0.39 is 23.7 Å². The Kier molecular flexibility index (Phi) is 3.45. The zero-order valence-electron chi connectivity index (χ0n) is 10.0. The molecule has 0 aliphatic carbocycles. The molecule has 1 aliphatic heterocycles. The summed E-state index contributed by atoms with van der Waals surface area (Å²) >= 11 is 0. The second kappa shape index (κ2) is 4.96. The van der Waals surface area contributed by atoms with E-state index in [9.17, 15) is 17.6 Å². The van der Waals surface area contributed by atoms with Gasteiger partial charge in [0.05, 0.1) is 5.56 Å². The van der Waals surface area contributed by atoms with Crippen molar-refractivity contribution in [3.8, 4) is 17.9 Å². The van der Waals surface area contributed by atoms with Gasteiger partial charge in [-0.05, 0) is 18.2 Å². The lowest BCUT2D eigenvalue weighted by atomic mass is 10.1. The molecule has 1 aromatic carbocycles. The van der Waals surface area contributed by atoms with Crippen molar-refractivity contribution in [2.45, 2.75) is 12.4 Å². The molecule has 0 aromatic heterocycles. The van der Waals surface area contributed by atoms with Crippen LogP contribution in [-0.2, 0) is 10.8 Å². The summed E-state index contributed by atoms with van der Waals surface area (Å²) in [6, 6.07) is 5.98. The molecule has 21 heavy (non-hydrogen) atoms. The number of halogens is 4. The predicted octanol–water partition coefficient (Wildman–Crippen LogP) is 3.04. The molecule has 0 bridgehead atoms. The van der Waals surface area contributed by atoms with Crippen LogP contribution in [0.15, 0.2) is 30.0 Å². The van der Waals surface area contributed by atoms with Crippen LogP contribution in [0.2, 0.25) is 0 Å². The van der Waals surface area contributed by atoms with E-state index in [-0.39, 0.29) is 11.3 Å². The number of nitrogens with zero attached hydrogens (tertiary/aromatic N) is 2. The molecule has 0 unspecified atom stereocenters. The van der Waals surface area contributed by atoms with E-state index in [0.29, 0.717) is 0 Å². The van der Waals surface area contributed by atoms with Crippen LogP contribution in [0.25, 0.3) is 0 Å². The van der Waals surface area contributed by atoms with Gasteiger partial charge in [0.2, 0.25) is 0 Å². The lowest BCUT2D eigenvalue weighted by molar-refractivity contribution is -0.461. The molecule has 9 heteroatoms. The van der Waals surface area contributed by atoms with Crippen LogP contribution in [0, 0.1) is 22.7 Å². The van der Waals surface area contributed by atoms with Crippen molar-refractivity contribution >= 4 is 5.69 Å². The van der Waals surface area contributed by atoms with Crippen molar-refractivity contribution in [3.63, 3.8) is 0 Å². The van der Waals surface area contributed by atoms with E-state index in [1.807, 2.05) is 0 Å². The molecule has 1 N–H and O–H groups in total. The molecular weight excluding hydrogens is 294 g/mol. The minimum atomic E-state index is -4.43. The summed E-state index contributed by atoms with van der Waals surface area (Å²) in [6.45, 7) is 0. The minimum absolute atomic E-state index is 0.0360. The summed E-state index contributed by atoms with van der Waals surface area (Å²) in [5.74, 6) is -0.730. The van der Waals surface area contributed by atoms with E-state index in [4.69, 9.17) is 10.5 Å². The van der Waals surface area contributed by atoms with Gasteiger partial charge in [0, 0.05) is 11.9 Å². The van der Waals surface area contributed by atoms with Gasteiger partial charge in [-0.25, -0.2) is 4.74 Å². The second-order valence-electron chi connectivity index (χ2n) is 3.82. The Morgan fingerprint density at radius 2 is 1.86 bits per heavy atom. The Labute approximate surface area is 115 Å². The highest BCUT2D eigenvalue weighted by Gasteiger charge is 2.54. The minimum Gasteiger partial charge on any atom is -0.409 e. The smallest absolute Gasteiger partial charge is 0.409 e. The number of nitrogens with one attached hydrogen (secondary N) is 1. The predicted molar refractivity (Wildman–Crippen MR) is 59.9 cm³/mol. The van der Waals surface area contributed by atoms with Crippen LogP contribution < -0.4 is 10.1 Å². The molecule has 108 valence electrons. The quantitative estimate of drug-likeness (QED) is 0.671. The van der Waals surface area contributed by atoms with E-state index in [1.54, 1.807) is 12.1 Å². The SMILES string of the molecule is N#CC(C#N)=CNc1ccc2c(c1)C(F)(F)OC(F)(F)O2. The first-order valence-electron chi connectivity index (χ1n) is 5.34. The van der Waals surface area contributed by atoms with Gasteiger partial charge in [-0.1, -0.05) is 0 Å². The van der Waals surface area contributed by atoms with Gasteiger partial charge < -0.3 is 10.1 Å². The maximum Gasteiger partial charge on any atom is 0.540 e. The topological polar surface area (TPSA) is 78.1 Å². The van der Waals surface area contributed by atoms with E-state index in [2.05, 4.69) is 14.8 Å². The number of allylic oxidation sites excluding steroid dienone is 1. The average molecular weight is 299 g/mol. The first kappa shape index (κ1) is 14.6. The molecule has 2 rings (SSSR count). The second-order valence-corrected chi connectivity index (χ2v) is 3.82. The van der Waals surface area contributed by atoms with Crippen LogP contribution in [0.5, 0.6) is 5.75 Å².